The van der Waals surface area contributed by atoms with E-state index in [1.54, 1.807) is 16.0 Å². The predicted molar refractivity (Wildman–Crippen MR) is 126 cm³/mol. The highest BCUT2D eigenvalue weighted by atomic mass is 32.1. The van der Waals surface area contributed by atoms with Crippen molar-refractivity contribution >= 4 is 28.8 Å². The second-order valence-corrected chi connectivity index (χ2v) is 8.30. The molecule has 7 nitrogen and oxygen atoms in total. The Morgan fingerprint density at radius 3 is 2.66 bits per heavy atom. The molecule has 1 atom stereocenters. The topological polar surface area (TPSA) is 75.6 Å². The van der Waals surface area contributed by atoms with Gasteiger partial charge in [-0.1, -0.05) is 13.0 Å². The molecule has 0 bridgehead atoms. The molecule has 1 aromatic carbocycles. The van der Waals surface area contributed by atoms with Gasteiger partial charge in [0.05, 0.1) is 17.1 Å². The zero-order valence-electron chi connectivity index (χ0n) is 18.4. The van der Waals surface area contributed by atoms with Crippen LogP contribution in [-0.4, -0.2) is 52.4 Å². The van der Waals surface area contributed by atoms with Crippen LogP contribution in [0.2, 0.25) is 0 Å². The zero-order valence-corrected chi connectivity index (χ0v) is 19.3. The molecule has 2 aromatic heterocycles. The van der Waals surface area contributed by atoms with Gasteiger partial charge < -0.3 is 9.64 Å². The fraction of sp³-hybridized carbons (Fsp3) is 0.333. The van der Waals surface area contributed by atoms with Crippen LogP contribution in [0.5, 0.6) is 5.75 Å². The van der Waals surface area contributed by atoms with Crippen molar-refractivity contribution in [2.45, 2.75) is 33.3 Å². The van der Waals surface area contributed by atoms with Gasteiger partial charge in [-0.25, -0.2) is 4.98 Å². The van der Waals surface area contributed by atoms with Crippen LogP contribution < -0.4 is 9.64 Å². The normalized spacial score (nSPS) is 15.3. The minimum atomic E-state index is -0.590. The van der Waals surface area contributed by atoms with Gasteiger partial charge in [0.1, 0.15) is 17.3 Å². The Morgan fingerprint density at radius 2 is 1.97 bits per heavy atom. The lowest BCUT2D eigenvalue weighted by molar-refractivity contribution is -0.133. The average Bonchev–Trinajstić information content (AvgIpc) is 3.32. The second kappa shape index (κ2) is 9.48. The fourth-order valence-electron chi connectivity index (χ4n) is 3.73. The summed E-state index contributed by atoms with van der Waals surface area (Å²) in [5.74, 6) is 0.334. The monoisotopic (exact) mass is 450 g/mol. The summed E-state index contributed by atoms with van der Waals surface area (Å²) in [7, 11) is 0. The van der Waals surface area contributed by atoms with Gasteiger partial charge in [0, 0.05) is 30.2 Å². The Bertz CT molecular complexity index is 1110. The van der Waals surface area contributed by atoms with Crippen LogP contribution in [0.25, 0.3) is 22.0 Å². The largest absolute Gasteiger partial charge is 0.478 e. The molecule has 0 saturated heterocycles. The average molecular weight is 451 g/mol. The van der Waals surface area contributed by atoms with Gasteiger partial charge >= 0.3 is 0 Å². The molecule has 3 heterocycles. The van der Waals surface area contributed by atoms with E-state index in [9.17, 15) is 9.59 Å². The van der Waals surface area contributed by atoms with E-state index in [1.807, 2.05) is 62.5 Å². The summed E-state index contributed by atoms with van der Waals surface area (Å²) < 4.78 is 5.94. The molecule has 166 valence electrons. The molecule has 4 rings (SSSR count). The molecule has 0 aliphatic carbocycles. The maximum absolute atomic E-state index is 13.1. The Balaban J connectivity index is 1.69. The molecule has 3 aromatic rings. The molecule has 0 fully saturated rings. The molecule has 0 saturated carbocycles. The van der Waals surface area contributed by atoms with Crippen molar-refractivity contribution in [2.75, 3.05) is 24.5 Å². The summed E-state index contributed by atoms with van der Waals surface area (Å²) in [5, 5.41) is 2.79. The number of fused-ring (bicyclic) bond motifs is 1. The summed E-state index contributed by atoms with van der Waals surface area (Å²) in [4.78, 5) is 38.3. The van der Waals surface area contributed by atoms with Crippen molar-refractivity contribution in [3.8, 4) is 27.7 Å². The van der Waals surface area contributed by atoms with Crippen LogP contribution in [0.15, 0.2) is 48.0 Å². The number of amides is 2. The van der Waals surface area contributed by atoms with Gasteiger partial charge in [-0.2, -0.15) is 0 Å². The maximum atomic E-state index is 13.1. The standard InChI is InChI=1S/C24H26N4O3S/c1-4-20-24(30)28(14-22(29)27(5-2)6-3)19-13-16(10-11-21(19)31-20)18-15-32-23(26-18)17-9-7-8-12-25-17/h7-13,15,20H,4-6,14H2,1-3H3. The number of carbonyl (C=O) groups excluding carboxylic acids is 2. The number of benzene rings is 1. The second-order valence-electron chi connectivity index (χ2n) is 7.44. The molecule has 0 N–H and O–H groups in total. The zero-order chi connectivity index (χ0) is 22.7. The van der Waals surface area contributed by atoms with Crippen molar-refractivity contribution < 1.29 is 14.3 Å². The first-order chi connectivity index (χ1) is 15.5. The summed E-state index contributed by atoms with van der Waals surface area (Å²) in [5.41, 5.74) is 3.06. The molecule has 1 unspecified atom stereocenters. The van der Waals surface area contributed by atoms with Crippen LogP contribution in [0.4, 0.5) is 5.69 Å². The predicted octanol–water partition coefficient (Wildman–Crippen LogP) is 4.24. The lowest BCUT2D eigenvalue weighted by Gasteiger charge is -2.35. The number of rotatable bonds is 7. The minimum absolute atomic E-state index is 0.00687. The quantitative estimate of drug-likeness (QED) is 0.538. The van der Waals surface area contributed by atoms with Crippen LogP contribution in [0, 0.1) is 0 Å². The molecule has 1 aliphatic heterocycles. The van der Waals surface area contributed by atoms with E-state index >= 15 is 0 Å². The van der Waals surface area contributed by atoms with Crippen molar-refractivity contribution in [2.24, 2.45) is 0 Å². The van der Waals surface area contributed by atoms with Crippen LogP contribution in [0.3, 0.4) is 0 Å². The molecule has 1 aliphatic rings. The van der Waals surface area contributed by atoms with Crippen LogP contribution in [-0.2, 0) is 9.59 Å². The van der Waals surface area contributed by atoms with Crippen molar-refractivity contribution in [1.82, 2.24) is 14.9 Å². The lowest BCUT2D eigenvalue weighted by atomic mass is 10.1. The molecule has 8 heteroatoms. The van der Waals surface area contributed by atoms with E-state index in [2.05, 4.69) is 4.98 Å². The molecule has 0 radical (unpaired) electrons. The van der Waals surface area contributed by atoms with Crippen LogP contribution >= 0.6 is 11.3 Å². The highest BCUT2D eigenvalue weighted by molar-refractivity contribution is 7.13. The number of anilines is 1. The number of aromatic nitrogens is 2. The van der Waals surface area contributed by atoms with E-state index < -0.39 is 6.10 Å². The third kappa shape index (κ3) is 4.23. The number of likely N-dealkylation sites (N-methyl/N-ethyl adjacent to an activating group) is 1. The molecule has 2 amide bonds. The Hall–Kier alpha value is -3.26. The SMILES string of the molecule is CCC1Oc2ccc(-c3csc(-c4ccccn4)n3)cc2N(CC(=O)N(CC)CC)C1=O. The number of hydrogen-bond acceptors (Lipinski definition) is 6. The highest BCUT2D eigenvalue weighted by Crippen LogP contribution is 2.39. The number of hydrogen-bond donors (Lipinski definition) is 0. The fourth-order valence-corrected chi connectivity index (χ4v) is 4.53. The van der Waals surface area contributed by atoms with Gasteiger partial charge in [-0.05, 0) is 50.6 Å². The summed E-state index contributed by atoms with van der Waals surface area (Å²) in [6.07, 6.45) is 1.69. The van der Waals surface area contributed by atoms with Gasteiger partial charge in [0.2, 0.25) is 5.91 Å². The summed E-state index contributed by atoms with van der Waals surface area (Å²) >= 11 is 1.51. The first kappa shape index (κ1) is 22.0. The van der Waals surface area contributed by atoms with Gasteiger partial charge in [0.25, 0.3) is 5.91 Å². The molecular formula is C24H26N4O3S. The lowest BCUT2D eigenvalue weighted by Crippen LogP contribution is -2.50. The minimum Gasteiger partial charge on any atom is -0.478 e. The third-order valence-electron chi connectivity index (χ3n) is 5.52. The van der Waals surface area contributed by atoms with E-state index in [4.69, 9.17) is 9.72 Å². The summed E-state index contributed by atoms with van der Waals surface area (Å²) in [6.45, 7) is 6.98. The highest BCUT2D eigenvalue weighted by Gasteiger charge is 2.35. The van der Waals surface area contributed by atoms with Crippen molar-refractivity contribution in [3.05, 3.63) is 48.0 Å². The number of nitrogens with zero attached hydrogens (tertiary/aromatic N) is 4. The van der Waals surface area contributed by atoms with Gasteiger partial charge in [0.15, 0.2) is 6.10 Å². The molecule has 32 heavy (non-hydrogen) atoms. The van der Waals surface area contributed by atoms with Crippen molar-refractivity contribution in [1.29, 1.82) is 0 Å². The van der Waals surface area contributed by atoms with Crippen molar-refractivity contribution in [3.63, 3.8) is 0 Å². The Labute approximate surface area is 191 Å². The van der Waals surface area contributed by atoms with E-state index in [-0.39, 0.29) is 18.4 Å². The smallest absolute Gasteiger partial charge is 0.268 e. The van der Waals surface area contributed by atoms with E-state index in [0.717, 1.165) is 22.0 Å². The first-order valence-electron chi connectivity index (χ1n) is 10.8. The molecular weight excluding hydrogens is 424 g/mol. The number of ether oxygens (including phenoxy) is 1. The summed E-state index contributed by atoms with van der Waals surface area (Å²) in [6, 6.07) is 11.4. The Kier molecular flexibility index (Phi) is 6.50. The van der Waals surface area contributed by atoms with E-state index in [0.29, 0.717) is 30.9 Å². The Morgan fingerprint density at radius 1 is 1.16 bits per heavy atom. The first-order valence-corrected chi connectivity index (χ1v) is 11.7. The van der Waals surface area contributed by atoms with E-state index in [1.165, 1.54) is 11.3 Å². The molecule has 0 spiro atoms. The number of carbonyl (C=O) groups is 2. The number of pyridine rings is 1. The number of thiazole rings is 1. The maximum Gasteiger partial charge on any atom is 0.268 e. The van der Waals surface area contributed by atoms with Gasteiger partial charge in [-0.3, -0.25) is 19.5 Å². The van der Waals surface area contributed by atoms with Crippen LogP contribution in [0.1, 0.15) is 27.2 Å². The van der Waals surface area contributed by atoms with Gasteiger partial charge in [-0.15, -0.1) is 11.3 Å². The third-order valence-corrected chi connectivity index (χ3v) is 6.39.